The van der Waals surface area contributed by atoms with Crippen LogP contribution in [0.5, 0.6) is 0 Å². The molecule has 1 aromatic carbocycles. The number of halogens is 2. The summed E-state index contributed by atoms with van der Waals surface area (Å²) < 4.78 is 1.41. The molecule has 0 saturated carbocycles. The lowest BCUT2D eigenvalue weighted by Crippen LogP contribution is -2.45. The summed E-state index contributed by atoms with van der Waals surface area (Å²) in [5.41, 5.74) is 6.63. The van der Waals surface area contributed by atoms with Crippen molar-refractivity contribution in [1.29, 1.82) is 0 Å². The van der Waals surface area contributed by atoms with Crippen LogP contribution < -0.4 is 11.1 Å². The Kier molecular flexibility index (Phi) is 5.68. The van der Waals surface area contributed by atoms with E-state index in [2.05, 4.69) is 42.2 Å². The molecule has 0 bridgehead atoms. The van der Waals surface area contributed by atoms with E-state index in [-0.39, 0.29) is 12.3 Å². The molecule has 0 saturated heterocycles. The Morgan fingerprint density at radius 2 is 2.00 bits per heavy atom. The van der Waals surface area contributed by atoms with Crippen molar-refractivity contribution in [2.24, 2.45) is 5.73 Å². The highest BCUT2D eigenvalue weighted by molar-refractivity contribution is 9.10. The van der Waals surface area contributed by atoms with Gasteiger partial charge in [-0.2, -0.15) is 0 Å². The molecular weight excluding hydrogens is 414 g/mol. The summed E-state index contributed by atoms with van der Waals surface area (Å²) in [7, 11) is 0. The van der Waals surface area contributed by atoms with Gasteiger partial charge >= 0.3 is 0 Å². The summed E-state index contributed by atoms with van der Waals surface area (Å²) in [4.78, 5) is 27.9. The van der Waals surface area contributed by atoms with Crippen LogP contribution in [0.2, 0.25) is 0 Å². The van der Waals surface area contributed by atoms with Gasteiger partial charge in [-0.1, -0.05) is 28.1 Å². The van der Waals surface area contributed by atoms with Crippen molar-refractivity contribution in [2.45, 2.75) is 12.5 Å². The van der Waals surface area contributed by atoms with Gasteiger partial charge < -0.3 is 11.1 Å². The van der Waals surface area contributed by atoms with Crippen molar-refractivity contribution in [3.8, 4) is 0 Å². The average molecular weight is 427 g/mol. The van der Waals surface area contributed by atoms with Crippen molar-refractivity contribution in [3.63, 3.8) is 0 Å². The van der Waals surface area contributed by atoms with E-state index in [4.69, 9.17) is 5.73 Å². The van der Waals surface area contributed by atoms with Gasteiger partial charge in [-0.3, -0.25) is 9.59 Å². The van der Waals surface area contributed by atoms with Crippen molar-refractivity contribution in [2.75, 3.05) is 0 Å². The molecule has 1 heterocycles. The lowest BCUT2D eigenvalue weighted by Gasteiger charge is -2.16. The highest BCUT2D eigenvalue weighted by Gasteiger charge is 2.20. The Balaban J connectivity index is 2.14. The Morgan fingerprint density at radius 1 is 1.23 bits per heavy atom. The molecule has 1 atom stereocenters. The summed E-state index contributed by atoms with van der Waals surface area (Å²) in [6.45, 7) is 0. The van der Waals surface area contributed by atoms with Crippen LogP contribution in [0.15, 0.2) is 51.7 Å². The van der Waals surface area contributed by atoms with E-state index >= 15 is 0 Å². The zero-order chi connectivity index (χ0) is 16.1. The summed E-state index contributed by atoms with van der Waals surface area (Å²) in [5.74, 6) is -0.954. The van der Waals surface area contributed by atoms with Gasteiger partial charge in [0, 0.05) is 22.7 Å². The first-order valence-electron chi connectivity index (χ1n) is 6.42. The molecule has 2 amide bonds. The second kappa shape index (κ2) is 7.51. The molecule has 5 nitrogen and oxygen atoms in total. The smallest absolute Gasteiger partial charge is 0.251 e. The van der Waals surface area contributed by atoms with Gasteiger partial charge in [0.1, 0.15) is 10.6 Å². The highest BCUT2D eigenvalue weighted by Crippen LogP contribution is 2.15. The van der Waals surface area contributed by atoms with Gasteiger partial charge in [0.2, 0.25) is 5.91 Å². The Bertz CT molecular complexity index is 707. The number of pyridine rings is 1. The lowest BCUT2D eigenvalue weighted by atomic mass is 10.1. The average Bonchev–Trinajstić information content (AvgIpc) is 2.48. The molecular formula is C15H13Br2N3O2. The number of nitrogens with two attached hydrogens (primary N) is 1. The number of nitrogens with zero attached hydrogens (tertiary/aromatic N) is 1. The molecule has 1 aromatic heterocycles. The molecule has 0 aliphatic heterocycles. The third-order valence-corrected chi connectivity index (χ3v) is 4.20. The molecule has 2 aromatic rings. The minimum absolute atomic E-state index is 0.267. The number of carbonyl (C=O) groups excluding carboxylic acids is 2. The van der Waals surface area contributed by atoms with Crippen LogP contribution in [-0.4, -0.2) is 22.8 Å². The van der Waals surface area contributed by atoms with Crippen molar-refractivity contribution in [1.82, 2.24) is 10.3 Å². The Morgan fingerprint density at radius 3 is 2.64 bits per heavy atom. The molecule has 0 aliphatic rings. The number of benzene rings is 1. The lowest BCUT2D eigenvalue weighted by molar-refractivity contribution is -0.119. The molecule has 0 spiro atoms. The van der Waals surface area contributed by atoms with Crippen LogP contribution in [0.1, 0.15) is 15.9 Å². The fraction of sp³-hybridized carbons (Fsp3) is 0.133. The molecule has 22 heavy (non-hydrogen) atoms. The van der Waals surface area contributed by atoms with Crippen LogP contribution in [0, 0.1) is 0 Å². The largest absolute Gasteiger partial charge is 0.368 e. The van der Waals surface area contributed by atoms with E-state index < -0.39 is 11.9 Å². The summed E-state index contributed by atoms with van der Waals surface area (Å²) in [6.07, 6.45) is 1.90. The van der Waals surface area contributed by atoms with Gasteiger partial charge in [0.25, 0.3) is 5.91 Å². The predicted octanol–water partition coefficient (Wildman–Crippen LogP) is 2.43. The van der Waals surface area contributed by atoms with Crippen molar-refractivity contribution >= 4 is 43.7 Å². The third kappa shape index (κ3) is 4.38. The quantitative estimate of drug-likeness (QED) is 0.720. The Labute approximate surface area is 144 Å². The van der Waals surface area contributed by atoms with Gasteiger partial charge in [-0.05, 0) is 45.8 Å². The minimum atomic E-state index is -0.813. The number of aromatic nitrogens is 1. The van der Waals surface area contributed by atoms with Crippen molar-refractivity contribution in [3.05, 3.63) is 62.8 Å². The second-order valence-electron chi connectivity index (χ2n) is 4.60. The normalized spacial score (nSPS) is 11.7. The van der Waals surface area contributed by atoms with E-state index in [1.54, 1.807) is 30.5 Å². The number of amides is 2. The van der Waals surface area contributed by atoms with E-state index in [0.717, 1.165) is 10.0 Å². The van der Waals surface area contributed by atoms with Crippen LogP contribution in [-0.2, 0) is 11.2 Å². The van der Waals surface area contributed by atoms with Crippen LogP contribution >= 0.6 is 31.9 Å². The molecule has 0 unspecified atom stereocenters. The maximum Gasteiger partial charge on any atom is 0.251 e. The molecule has 3 N–H and O–H groups in total. The summed E-state index contributed by atoms with van der Waals surface area (Å²) in [5, 5.41) is 2.65. The maximum absolute atomic E-state index is 12.2. The zero-order valence-electron chi connectivity index (χ0n) is 11.4. The minimum Gasteiger partial charge on any atom is -0.368 e. The monoisotopic (exact) mass is 425 g/mol. The van der Waals surface area contributed by atoms with Crippen LogP contribution in [0.4, 0.5) is 0 Å². The molecule has 2 rings (SSSR count). The first kappa shape index (κ1) is 16.6. The van der Waals surface area contributed by atoms with E-state index in [1.165, 1.54) is 0 Å². The predicted molar refractivity (Wildman–Crippen MR) is 90.2 cm³/mol. The molecule has 7 heteroatoms. The topological polar surface area (TPSA) is 85.1 Å². The van der Waals surface area contributed by atoms with Crippen molar-refractivity contribution < 1.29 is 9.59 Å². The van der Waals surface area contributed by atoms with E-state index in [1.807, 2.05) is 12.1 Å². The number of rotatable bonds is 5. The number of hydrogen-bond donors (Lipinski definition) is 2. The summed E-state index contributed by atoms with van der Waals surface area (Å²) >= 11 is 6.62. The molecule has 0 fully saturated rings. The van der Waals surface area contributed by atoms with E-state index in [9.17, 15) is 9.59 Å². The molecule has 0 radical (unpaired) electrons. The number of hydrogen-bond acceptors (Lipinski definition) is 3. The highest BCUT2D eigenvalue weighted by atomic mass is 79.9. The van der Waals surface area contributed by atoms with Gasteiger partial charge in [-0.15, -0.1) is 0 Å². The SMILES string of the molecule is NC(=O)[C@H](Cc1cccnc1Br)NC(=O)c1cccc(Br)c1. The number of nitrogens with one attached hydrogen (secondary N) is 1. The van der Waals surface area contributed by atoms with Crippen LogP contribution in [0.3, 0.4) is 0 Å². The standard InChI is InChI=1S/C15H13Br2N3O2/c16-11-5-1-3-10(7-11)15(22)20-12(14(18)21)8-9-4-2-6-19-13(9)17/h1-7,12H,8H2,(H2,18,21)(H,20,22)/t12-/m0/s1. The van der Waals surface area contributed by atoms with Crippen LogP contribution in [0.25, 0.3) is 0 Å². The third-order valence-electron chi connectivity index (χ3n) is 3.00. The fourth-order valence-corrected chi connectivity index (χ4v) is 2.70. The van der Waals surface area contributed by atoms with Gasteiger partial charge in [0.15, 0.2) is 0 Å². The van der Waals surface area contributed by atoms with Gasteiger partial charge in [-0.25, -0.2) is 4.98 Å². The summed E-state index contributed by atoms with van der Waals surface area (Å²) in [6, 6.07) is 9.66. The van der Waals surface area contributed by atoms with E-state index in [0.29, 0.717) is 10.2 Å². The first-order valence-corrected chi connectivity index (χ1v) is 8.01. The molecule has 114 valence electrons. The maximum atomic E-state index is 12.2. The number of primary amides is 1. The van der Waals surface area contributed by atoms with Gasteiger partial charge in [0.05, 0.1) is 0 Å². The molecule has 0 aliphatic carbocycles. The Hall–Kier alpha value is -1.73. The first-order chi connectivity index (χ1) is 10.5. The fourth-order valence-electron chi connectivity index (χ4n) is 1.89. The second-order valence-corrected chi connectivity index (χ2v) is 6.26. The number of carbonyl (C=O) groups is 2. The zero-order valence-corrected chi connectivity index (χ0v) is 14.6.